The van der Waals surface area contributed by atoms with Gasteiger partial charge in [-0.05, 0) is 37.6 Å². The molecule has 1 unspecified atom stereocenters. The summed E-state index contributed by atoms with van der Waals surface area (Å²) in [6, 6.07) is 7.22. The van der Waals surface area contributed by atoms with Gasteiger partial charge >= 0.3 is 0 Å². The van der Waals surface area contributed by atoms with Crippen molar-refractivity contribution < 1.29 is 9.53 Å². The fourth-order valence-corrected chi connectivity index (χ4v) is 1.80. The minimum Gasteiger partial charge on any atom is -0.484 e. The lowest BCUT2D eigenvalue weighted by atomic mass is 10.1. The first-order valence-corrected chi connectivity index (χ1v) is 6.89. The summed E-state index contributed by atoms with van der Waals surface area (Å²) in [4.78, 5) is 11.7. The normalized spacial score (nSPS) is 11.9. The number of hydrogen-bond donors (Lipinski definition) is 2. The fourth-order valence-electron chi connectivity index (χ4n) is 1.80. The molecule has 1 atom stereocenters. The summed E-state index contributed by atoms with van der Waals surface area (Å²) in [5, 5.41) is 2.93. The molecule has 1 aromatic rings. The number of ether oxygens (including phenoxy) is 1. The number of nitrogens with one attached hydrogen (secondary N) is 1. The predicted molar refractivity (Wildman–Crippen MR) is 78.1 cm³/mol. The summed E-state index contributed by atoms with van der Waals surface area (Å²) < 4.78 is 5.38. The second-order valence-electron chi connectivity index (χ2n) is 4.82. The number of rotatable bonds is 8. The van der Waals surface area contributed by atoms with E-state index in [1.165, 1.54) is 12.8 Å². The van der Waals surface area contributed by atoms with E-state index in [9.17, 15) is 4.79 Å². The number of unbranched alkanes of at least 4 members (excludes halogenated alkanes) is 2. The SMILES string of the molecule is CCCCCC(C)NC(=O)COc1ccc(N)cc1. The number of amides is 1. The number of benzene rings is 1. The van der Waals surface area contributed by atoms with Gasteiger partial charge < -0.3 is 15.8 Å². The third kappa shape index (κ3) is 6.70. The summed E-state index contributed by atoms with van der Waals surface area (Å²) in [5.74, 6) is 0.573. The van der Waals surface area contributed by atoms with Gasteiger partial charge in [0.15, 0.2) is 6.61 Å². The predicted octanol–water partition coefficient (Wildman–Crippen LogP) is 2.73. The van der Waals surface area contributed by atoms with E-state index in [4.69, 9.17) is 10.5 Å². The Morgan fingerprint density at radius 1 is 1.32 bits per heavy atom. The van der Waals surface area contributed by atoms with Crippen LogP contribution in [0.3, 0.4) is 0 Å². The van der Waals surface area contributed by atoms with Crippen LogP contribution in [0.15, 0.2) is 24.3 Å². The van der Waals surface area contributed by atoms with E-state index in [0.29, 0.717) is 11.4 Å². The minimum absolute atomic E-state index is 0.0437. The van der Waals surface area contributed by atoms with Gasteiger partial charge in [0, 0.05) is 11.7 Å². The largest absolute Gasteiger partial charge is 0.484 e. The van der Waals surface area contributed by atoms with Gasteiger partial charge in [-0.25, -0.2) is 0 Å². The molecule has 0 fully saturated rings. The van der Waals surface area contributed by atoms with Crippen molar-refractivity contribution in [1.29, 1.82) is 0 Å². The Hall–Kier alpha value is -1.71. The summed E-state index contributed by atoms with van der Waals surface area (Å²) in [5.41, 5.74) is 6.25. The Labute approximate surface area is 115 Å². The van der Waals surface area contributed by atoms with E-state index >= 15 is 0 Å². The maximum absolute atomic E-state index is 11.7. The van der Waals surface area contributed by atoms with Crippen molar-refractivity contribution in [1.82, 2.24) is 5.32 Å². The molecule has 4 heteroatoms. The highest BCUT2D eigenvalue weighted by Crippen LogP contribution is 2.12. The van der Waals surface area contributed by atoms with Crippen molar-refractivity contribution in [2.75, 3.05) is 12.3 Å². The van der Waals surface area contributed by atoms with Crippen LogP contribution in [0.2, 0.25) is 0 Å². The molecule has 1 rings (SSSR count). The van der Waals surface area contributed by atoms with Crippen LogP contribution in [-0.4, -0.2) is 18.6 Å². The number of nitrogen functional groups attached to an aromatic ring is 1. The maximum atomic E-state index is 11.7. The zero-order valence-corrected chi connectivity index (χ0v) is 11.8. The number of nitrogens with two attached hydrogens (primary N) is 1. The number of carbonyl (C=O) groups is 1. The van der Waals surface area contributed by atoms with Crippen LogP contribution in [0, 0.1) is 0 Å². The first-order chi connectivity index (χ1) is 9.11. The Bertz CT molecular complexity index is 376. The van der Waals surface area contributed by atoms with E-state index in [0.717, 1.165) is 12.8 Å². The Kier molecular flexibility index (Phi) is 6.79. The molecule has 0 aromatic heterocycles. The van der Waals surface area contributed by atoms with Crippen LogP contribution in [0.4, 0.5) is 5.69 Å². The standard InChI is InChI=1S/C15H24N2O2/c1-3-4-5-6-12(2)17-15(18)11-19-14-9-7-13(16)8-10-14/h7-10,12H,3-6,11,16H2,1-2H3,(H,17,18). The zero-order valence-electron chi connectivity index (χ0n) is 11.8. The maximum Gasteiger partial charge on any atom is 0.258 e. The zero-order chi connectivity index (χ0) is 14.1. The lowest BCUT2D eigenvalue weighted by molar-refractivity contribution is -0.123. The lowest BCUT2D eigenvalue weighted by Gasteiger charge is -2.14. The summed E-state index contributed by atoms with van der Waals surface area (Å²) >= 11 is 0. The first-order valence-electron chi connectivity index (χ1n) is 6.89. The van der Waals surface area contributed by atoms with E-state index in [-0.39, 0.29) is 18.6 Å². The van der Waals surface area contributed by atoms with Crippen molar-refractivity contribution >= 4 is 11.6 Å². The molecule has 19 heavy (non-hydrogen) atoms. The first kappa shape index (κ1) is 15.3. The number of carbonyl (C=O) groups excluding carboxylic acids is 1. The molecule has 0 aliphatic carbocycles. The molecule has 1 aromatic carbocycles. The molecule has 0 radical (unpaired) electrons. The molecule has 0 heterocycles. The van der Waals surface area contributed by atoms with Crippen LogP contribution in [0.1, 0.15) is 39.5 Å². The van der Waals surface area contributed by atoms with E-state index in [1.807, 2.05) is 6.92 Å². The Balaban J connectivity index is 2.22. The second-order valence-corrected chi connectivity index (χ2v) is 4.82. The van der Waals surface area contributed by atoms with Crippen LogP contribution in [-0.2, 0) is 4.79 Å². The highest BCUT2D eigenvalue weighted by atomic mass is 16.5. The average Bonchev–Trinajstić information content (AvgIpc) is 2.38. The second kappa shape index (κ2) is 8.40. The van der Waals surface area contributed by atoms with Crippen molar-refractivity contribution in [2.24, 2.45) is 0 Å². The summed E-state index contributed by atoms with van der Waals surface area (Å²) in [6.45, 7) is 4.24. The van der Waals surface area contributed by atoms with Gasteiger partial charge in [0.2, 0.25) is 0 Å². The molecule has 0 aliphatic rings. The Morgan fingerprint density at radius 2 is 2.00 bits per heavy atom. The highest BCUT2D eigenvalue weighted by molar-refractivity contribution is 5.77. The van der Waals surface area contributed by atoms with Gasteiger partial charge in [0.1, 0.15) is 5.75 Å². The summed E-state index contributed by atoms with van der Waals surface area (Å²) in [7, 11) is 0. The molecule has 4 nitrogen and oxygen atoms in total. The monoisotopic (exact) mass is 264 g/mol. The molecule has 0 bridgehead atoms. The molecule has 1 amide bonds. The van der Waals surface area contributed by atoms with Crippen LogP contribution < -0.4 is 15.8 Å². The number of hydrogen-bond acceptors (Lipinski definition) is 3. The van der Waals surface area contributed by atoms with Crippen molar-refractivity contribution in [3.8, 4) is 5.75 Å². The van der Waals surface area contributed by atoms with Gasteiger partial charge in [-0.3, -0.25) is 4.79 Å². The van der Waals surface area contributed by atoms with E-state index < -0.39 is 0 Å². The molecule has 3 N–H and O–H groups in total. The molecular weight excluding hydrogens is 240 g/mol. The average molecular weight is 264 g/mol. The van der Waals surface area contributed by atoms with Gasteiger partial charge in [-0.1, -0.05) is 26.2 Å². The fraction of sp³-hybridized carbons (Fsp3) is 0.533. The quantitative estimate of drug-likeness (QED) is 0.560. The third-order valence-electron chi connectivity index (χ3n) is 2.90. The molecule has 0 saturated carbocycles. The van der Waals surface area contributed by atoms with Crippen LogP contribution in [0.25, 0.3) is 0 Å². The van der Waals surface area contributed by atoms with Crippen LogP contribution >= 0.6 is 0 Å². The molecular formula is C15H24N2O2. The van der Waals surface area contributed by atoms with E-state index in [2.05, 4.69) is 12.2 Å². The third-order valence-corrected chi connectivity index (χ3v) is 2.90. The lowest BCUT2D eigenvalue weighted by Crippen LogP contribution is -2.36. The van der Waals surface area contributed by atoms with Crippen molar-refractivity contribution in [2.45, 2.75) is 45.6 Å². The van der Waals surface area contributed by atoms with Gasteiger partial charge in [0.25, 0.3) is 5.91 Å². The molecule has 0 aliphatic heterocycles. The Morgan fingerprint density at radius 3 is 2.63 bits per heavy atom. The minimum atomic E-state index is -0.0826. The highest BCUT2D eigenvalue weighted by Gasteiger charge is 2.07. The number of anilines is 1. The molecule has 0 spiro atoms. The smallest absolute Gasteiger partial charge is 0.258 e. The topological polar surface area (TPSA) is 64.3 Å². The van der Waals surface area contributed by atoms with Gasteiger partial charge in [-0.15, -0.1) is 0 Å². The van der Waals surface area contributed by atoms with Crippen molar-refractivity contribution in [3.63, 3.8) is 0 Å². The van der Waals surface area contributed by atoms with Crippen molar-refractivity contribution in [3.05, 3.63) is 24.3 Å². The van der Waals surface area contributed by atoms with Crippen LogP contribution in [0.5, 0.6) is 5.75 Å². The van der Waals surface area contributed by atoms with E-state index in [1.54, 1.807) is 24.3 Å². The molecule has 106 valence electrons. The molecule has 0 saturated heterocycles. The van der Waals surface area contributed by atoms with Gasteiger partial charge in [-0.2, -0.15) is 0 Å². The summed E-state index contributed by atoms with van der Waals surface area (Å²) in [6.07, 6.45) is 4.57. The van der Waals surface area contributed by atoms with Gasteiger partial charge in [0.05, 0.1) is 0 Å².